The fraction of sp³-hybridized carbons (Fsp3) is 0.440. The second-order valence-corrected chi connectivity index (χ2v) is 8.57. The zero-order chi connectivity index (χ0) is 22.7. The Labute approximate surface area is 187 Å². The normalized spacial score (nSPS) is 18.2. The molecule has 0 aliphatic carbocycles. The van der Waals surface area contributed by atoms with Crippen molar-refractivity contribution in [2.24, 2.45) is 0 Å². The van der Waals surface area contributed by atoms with Gasteiger partial charge in [0.2, 0.25) is 11.8 Å². The molecule has 1 fully saturated rings. The second kappa shape index (κ2) is 9.51. The third kappa shape index (κ3) is 4.38. The molecule has 168 valence electrons. The molecule has 0 saturated carbocycles. The van der Waals surface area contributed by atoms with E-state index in [1.165, 1.54) is 4.90 Å². The molecule has 32 heavy (non-hydrogen) atoms. The molecule has 0 spiro atoms. The summed E-state index contributed by atoms with van der Waals surface area (Å²) in [6, 6.07) is 10.9. The predicted molar refractivity (Wildman–Crippen MR) is 121 cm³/mol. The molecule has 1 unspecified atom stereocenters. The third-order valence-corrected chi connectivity index (χ3v) is 6.24. The smallest absolute Gasteiger partial charge is 0.261 e. The Bertz CT molecular complexity index is 1010. The number of likely N-dealkylation sites (tertiary alicyclic amines) is 1. The first-order valence-electron chi connectivity index (χ1n) is 11.4. The van der Waals surface area contributed by atoms with Crippen molar-refractivity contribution in [1.82, 2.24) is 15.1 Å². The van der Waals surface area contributed by atoms with Crippen LogP contribution >= 0.6 is 0 Å². The van der Waals surface area contributed by atoms with E-state index >= 15 is 0 Å². The Hall–Kier alpha value is -3.22. The first-order chi connectivity index (χ1) is 15.5. The lowest BCUT2D eigenvalue weighted by Crippen LogP contribution is -2.49. The highest BCUT2D eigenvalue weighted by Crippen LogP contribution is 2.30. The van der Waals surface area contributed by atoms with E-state index in [1.54, 1.807) is 17.0 Å². The lowest BCUT2D eigenvalue weighted by Gasteiger charge is -2.33. The standard InChI is InChI=1S/C25H29N3O4/c1-2-7-21(29)26-18-10-5-14-27(16-18)22(30)13-6-15-28-24(31)19-11-3-8-17-9-4-12-20(23(17)19)25(28)32/h3-4,8-9,11-12,18H,2,5-7,10,13-16H2,1H3,(H,26,29). The summed E-state index contributed by atoms with van der Waals surface area (Å²) in [6.45, 7) is 3.37. The quantitative estimate of drug-likeness (QED) is 0.677. The van der Waals surface area contributed by atoms with Gasteiger partial charge < -0.3 is 10.2 Å². The SMILES string of the molecule is CCCC(=O)NC1CCCN(C(=O)CCCN2C(=O)c3cccc4cccc(c34)C2=O)C1. The molecular formula is C25H29N3O4. The van der Waals surface area contributed by atoms with E-state index in [-0.39, 0.29) is 42.6 Å². The molecule has 7 nitrogen and oxygen atoms in total. The van der Waals surface area contributed by atoms with Crippen LogP contribution < -0.4 is 5.32 Å². The molecule has 0 aromatic heterocycles. The average molecular weight is 436 g/mol. The van der Waals surface area contributed by atoms with Crippen molar-refractivity contribution in [3.05, 3.63) is 47.5 Å². The molecule has 1 atom stereocenters. The molecule has 1 saturated heterocycles. The first kappa shape index (κ1) is 22.0. The van der Waals surface area contributed by atoms with Crippen molar-refractivity contribution in [2.75, 3.05) is 19.6 Å². The zero-order valence-corrected chi connectivity index (χ0v) is 18.4. The summed E-state index contributed by atoms with van der Waals surface area (Å²) in [4.78, 5) is 53.6. The molecule has 2 heterocycles. The number of nitrogens with one attached hydrogen (secondary N) is 1. The number of hydrogen-bond acceptors (Lipinski definition) is 4. The van der Waals surface area contributed by atoms with Crippen molar-refractivity contribution >= 4 is 34.4 Å². The molecular weight excluding hydrogens is 406 g/mol. The van der Waals surface area contributed by atoms with Crippen molar-refractivity contribution in [2.45, 2.75) is 51.5 Å². The van der Waals surface area contributed by atoms with E-state index in [1.807, 2.05) is 31.2 Å². The number of rotatable bonds is 7. The predicted octanol–water partition coefficient (Wildman–Crippen LogP) is 3.12. The Kier molecular flexibility index (Phi) is 6.53. The molecule has 4 amide bonds. The maximum atomic E-state index is 13.0. The van der Waals surface area contributed by atoms with Gasteiger partial charge in [0.15, 0.2) is 0 Å². The van der Waals surface area contributed by atoms with Crippen LogP contribution in [0.25, 0.3) is 10.8 Å². The summed E-state index contributed by atoms with van der Waals surface area (Å²) in [7, 11) is 0. The lowest BCUT2D eigenvalue weighted by atomic mass is 9.94. The number of nitrogens with zero attached hydrogens (tertiary/aromatic N) is 2. The molecule has 0 radical (unpaired) electrons. The van der Waals surface area contributed by atoms with E-state index in [9.17, 15) is 19.2 Å². The Morgan fingerprint density at radius 1 is 1.03 bits per heavy atom. The van der Waals surface area contributed by atoms with Crippen molar-refractivity contribution in [3.8, 4) is 0 Å². The fourth-order valence-corrected chi connectivity index (χ4v) is 4.68. The van der Waals surface area contributed by atoms with Crippen LogP contribution in [0, 0.1) is 0 Å². The van der Waals surface area contributed by atoms with Crippen molar-refractivity contribution in [1.29, 1.82) is 0 Å². The van der Waals surface area contributed by atoms with Gasteiger partial charge in [-0.3, -0.25) is 24.1 Å². The molecule has 4 rings (SSSR count). The number of amides is 4. The average Bonchev–Trinajstić information content (AvgIpc) is 2.79. The number of imide groups is 1. The lowest BCUT2D eigenvalue weighted by molar-refractivity contribution is -0.133. The van der Waals surface area contributed by atoms with Gasteiger partial charge in [0.05, 0.1) is 0 Å². The highest BCUT2D eigenvalue weighted by Gasteiger charge is 2.32. The van der Waals surface area contributed by atoms with E-state index in [2.05, 4.69) is 5.32 Å². The highest BCUT2D eigenvalue weighted by atomic mass is 16.2. The molecule has 0 bridgehead atoms. The van der Waals surface area contributed by atoms with Crippen LogP contribution in [0.2, 0.25) is 0 Å². The monoisotopic (exact) mass is 435 g/mol. The third-order valence-electron chi connectivity index (χ3n) is 6.24. The van der Waals surface area contributed by atoms with E-state index in [4.69, 9.17) is 0 Å². The minimum absolute atomic E-state index is 0.00107. The molecule has 2 aromatic rings. The molecule has 2 aromatic carbocycles. The van der Waals surface area contributed by atoms with Crippen LogP contribution in [0.15, 0.2) is 36.4 Å². The number of carbonyl (C=O) groups is 4. The van der Waals surface area contributed by atoms with Gasteiger partial charge in [0, 0.05) is 55.0 Å². The molecule has 2 aliphatic heterocycles. The minimum Gasteiger partial charge on any atom is -0.352 e. The number of hydrogen-bond donors (Lipinski definition) is 1. The van der Waals surface area contributed by atoms with Gasteiger partial charge in [-0.1, -0.05) is 31.2 Å². The van der Waals surface area contributed by atoms with Crippen LogP contribution in [0.5, 0.6) is 0 Å². The van der Waals surface area contributed by atoms with Gasteiger partial charge >= 0.3 is 0 Å². The van der Waals surface area contributed by atoms with Gasteiger partial charge in [-0.2, -0.15) is 0 Å². The number of benzene rings is 2. The van der Waals surface area contributed by atoms with Gasteiger partial charge in [-0.15, -0.1) is 0 Å². The van der Waals surface area contributed by atoms with Gasteiger partial charge in [-0.25, -0.2) is 0 Å². The van der Waals surface area contributed by atoms with E-state index in [0.29, 0.717) is 42.4 Å². The van der Waals surface area contributed by atoms with Gasteiger partial charge in [0.1, 0.15) is 0 Å². The van der Waals surface area contributed by atoms with Crippen LogP contribution in [0.3, 0.4) is 0 Å². The topological polar surface area (TPSA) is 86.8 Å². The molecule has 7 heteroatoms. The Balaban J connectivity index is 1.34. The molecule has 2 aliphatic rings. The summed E-state index contributed by atoms with van der Waals surface area (Å²) in [5, 5.41) is 4.60. The van der Waals surface area contributed by atoms with Crippen LogP contribution in [-0.2, 0) is 9.59 Å². The maximum absolute atomic E-state index is 13.0. The number of carbonyl (C=O) groups excluding carboxylic acids is 4. The van der Waals surface area contributed by atoms with Crippen molar-refractivity contribution in [3.63, 3.8) is 0 Å². The van der Waals surface area contributed by atoms with Gasteiger partial charge in [-0.05, 0) is 43.2 Å². The fourth-order valence-electron chi connectivity index (χ4n) is 4.68. The minimum atomic E-state index is -0.302. The highest BCUT2D eigenvalue weighted by molar-refractivity contribution is 6.25. The van der Waals surface area contributed by atoms with E-state index in [0.717, 1.165) is 24.6 Å². The van der Waals surface area contributed by atoms with Crippen molar-refractivity contribution < 1.29 is 19.2 Å². The zero-order valence-electron chi connectivity index (χ0n) is 18.4. The van der Waals surface area contributed by atoms with E-state index < -0.39 is 0 Å². The first-order valence-corrected chi connectivity index (χ1v) is 11.4. The summed E-state index contributed by atoms with van der Waals surface area (Å²) in [5.41, 5.74) is 1.07. The van der Waals surface area contributed by atoms with Crippen LogP contribution in [0.1, 0.15) is 66.2 Å². The largest absolute Gasteiger partial charge is 0.352 e. The Morgan fingerprint density at radius 3 is 2.38 bits per heavy atom. The summed E-state index contributed by atoms with van der Waals surface area (Å²) < 4.78 is 0. The van der Waals surface area contributed by atoms with Crippen LogP contribution in [0.4, 0.5) is 0 Å². The maximum Gasteiger partial charge on any atom is 0.261 e. The summed E-state index contributed by atoms with van der Waals surface area (Å²) >= 11 is 0. The molecule has 1 N–H and O–H groups in total. The summed E-state index contributed by atoms with van der Waals surface area (Å²) in [6.07, 6.45) is 3.71. The second-order valence-electron chi connectivity index (χ2n) is 8.57. The summed E-state index contributed by atoms with van der Waals surface area (Å²) in [5.74, 6) is -0.574. The number of piperidine rings is 1. The van der Waals surface area contributed by atoms with Crippen LogP contribution in [-0.4, -0.2) is 59.1 Å². The van der Waals surface area contributed by atoms with Gasteiger partial charge in [0.25, 0.3) is 11.8 Å². The Morgan fingerprint density at radius 2 is 1.72 bits per heavy atom.